The van der Waals surface area contributed by atoms with Crippen molar-refractivity contribution in [2.24, 2.45) is 0 Å². The van der Waals surface area contributed by atoms with Gasteiger partial charge in [0.1, 0.15) is 4.90 Å². The second-order valence-electron chi connectivity index (χ2n) is 4.03. The fourth-order valence-corrected chi connectivity index (χ4v) is 2.08. The number of hydrogen-bond donors (Lipinski definition) is 1. The molecule has 0 unspecified atom stereocenters. The lowest BCUT2D eigenvalue weighted by Gasteiger charge is -2.04. The summed E-state index contributed by atoms with van der Waals surface area (Å²) >= 11 is 0. The third-order valence-corrected chi connectivity index (χ3v) is 3.47. The Morgan fingerprint density at radius 3 is 2.67 bits per heavy atom. The van der Waals surface area contributed by atoms with Crippen LogP contribution in [-0.4, -0.2) is 34.5 Å². The van der Waals surface area contributed by atoms with Crippen molar-refractivity contribution < 1.29 is 13.5 Å². The fourth-order valence-electron chi connectivity index (χ4n) is 1.55. The fraction of sp³-hybridized carbons (Fsp3) is 0.273. The van der Waals surface area contributed by atoms with Crippen LogP contribution in [0.4, 0.5) is 0 Å². The van der Waals surface area contributed by atoms with Gasteiger partial charge in [-0.05, 0) is 24.6 Å². The van der Waals surface area contributed by atoms with Crippen molar-refractivity contribution in [2.75, 3.05) is 6.26 Å². The summed E-state index contributed by atoms with van der Waals surface area (Å²) in [6.45, 7) is 1.69. The molecule has 0 bridgehead atoms. The highest BCUT2D eigenvalue weighted by Gasteiger charge is 2.11. The van der Waals surface area contributed by atoms with E-state index in [2.05, 4.69) is 10.1 Å². The Morgan fingerprint density at radius 2 is 2.11 bits per heavy atom. The largest absolute Gasteiger partial charge is 0.392 e. The predicted molar refractivity (Wildman–Crippen MR) is 65.1 cm³/mol. The number of aryl methyl sites for hydroxylation is 1. The van der Waals surface area contributed by atoms with Crippen molar-refractivity contribution >= 4 is 9.84 Å². The maximum Gasteiger partial charge on any atom is 0.178 e. The van der Waals surface area contributed by atoms with E-state index in [-0.39, 0.29) is 11.5 Å². The van der Waals surface area contributed by atoms with Crippen LogP contribution in [0.2, 0.25) is 0 Å². The number of pyridine rings is 1. The number of rotatable bonds is 3. The summed E-state index contributed by atoms with van der Waals surface area (Å²) in [6, 6.07) is 3.41. The lowest BCUT2D eigenvalue weighted by atomic mass is 10.2. The van der Waals surface area contributed by atoms with E-state index in [4.69, 9.17) is 5.11 Å². The number of aliphatic hydroxyl groups excluding tert-OH is 1. The number of hydrogen-bond acceptors (Lipinski definition) is 5. The molecule has 0 aromatic carbocycles. The van der Waals surface area contributed by atoms with Gasteiger partial charge in [0.15, 0.2) is 15.7 Å². The minimum atomic E-state index is -3.28. The molecule has 96 valence electrons. The Bertz CT molecular complexity index is 677. The van der Waals surface area contributed by atoms with Crippen molar-refractivity contribution in [2.45, 2.75) is 18.4 Å². The number of nitrogens with zero attached hydrogens (tertiary/aromatic N) is 3. The molecule has 0 spiro atoms. The number of aliphatic hydroxyl groups is 1. The molecule has 2 aromatic rings. The Labute approximate surface area is 105 Å². The zero-order valence-corrected chi connectivity index (χ0v) is 10.8. The highest BCUT2D eigenvalue weighted by Crippen LogP contribution is 2.13. The van der Waals surface area contributed by atoms with E-state index in [1.807, 2.05) is 0 Å². The molecule has 2 rings (SSSR count). The van der Waals surface area contributed by atoms with Gasteiger partial charge in [0.2, 0.25) is 0 Å². The second kappa shape index (κ2) is 4.51. The van der Waals surface area contributed by atoms with Crippen molar-refractivity contribution in [1.82, 2.24) is 14.8 Å². The van der Waals surface area contributed by atoms with E-state index in [1.165, 1.54) is 17.1 Å². The lowest BCUT2D eigenvalue weighted by Crippen LogP contribution is -2.01. The molecule has 7 heteroatoms. The molecule has 18 heavy (non-hydrogen) atoms. The van der Waals surface area contributed by atoms with Gasteiger partial charge in [-0.25, -0.2) is 18.1 Å². The van der Waals surface area contributed by atoms with E-state index in [0.717, 1.165) is 11.9 Å². The maximum atomic E-state index is 11.4. The smallest absolute Gasteiger partial charge is 0.178 e. The average molecular weight is 267 g/mol. The molecule has 0 aliphatic carbocycles. The predicted octanol–water partition coefficient (Wildman–Crippen LogP) is 0.472. The molecule has 0 saturated heterocycles. The summed E-state index contributed by atoms with van der Waals surface area (Å²) in [4.78, 5) is 4.38. The summed E-state index contributed by atoms with van der Waals surface area (Å²) < 4.78 is 24.1. The van der Waals surface area contributed by atoms with Gasteiger partial charge in [-0.3, -0.25) is 0 Å². The monoisotopic (exact) mass is 267 g/mol. The first-order chi connectivity index (χ1) is 8.40. The molecule has 0 radical (unpaired) electrons. The van der Waals surface area contributed by atoms with Crippen LogP contribution in [0.15, 0.2) is 29.4 Å². The van der Waals surface area contributed by atoms with E-state index in [1.54, 1.807) is 19.1 Å². The normalized spacial score (nSPS) is 11.7. The molecule has 0 fully saturated rings. The van der Waals surface area contributed by atoms with Crippen LogP contribution < -0.4 is 0 Å². The molecule has 2 aromatic heterocycles. The van der Waals surface area contributed by atoms with E-state index >= 15 is 0 Å². The van der Waals surface area contributed by atoms with Crippen LogP contribution in [0.25, 0.3) is 5.82 Å². The van der Waals surface area contributed by atoms with Crippen LogP contribution in [0.5, 0.6) is 0 Å². The van der Waals surface area contributed by atoms with Crippen LogP contribution >= 0.6 is 0 Å². The molecule has 0 aliphatic rings. The number of sulfone groups is 1. The molecule has 1 N–H and O–H groups in total. The summed E-state index contributed by atoms with van der Waals surface area (Å²) in [5.74, 6) is 0.481. The highest BCUT2D eigenvalue weighted by molar-refractivity contribution is 7.90. The van der Waals surface area contributed by atoms with Gasteiger partial charge >= 0.3 is 0 Å². The minimum Gasteiger partial charge on any atom is -0.392 e. The lowest BCUT2D eigenvalue weighted by molar-refractivity contribution is 0.281. The molecule has 0 aliphatic heterocycles. The van der Waals surface area contributed by atoms with E-state index < -0.39 is 9.84 Å². The first-order valence-corrected chi connectivity index (χ1v) is 7.13. The van der Waals surface area contributed by atoms with E-state index in [0.29, 0.717) is 11.4 Å². The van der Waals surface area contributed by atoms with Crippen molar-refractivity contribution in [1.29, 1.82) is 0 Å². The quantitative estimate of drug-likeness (QED) is 0.873. The van der Waals surface area contributed by atoms with Gasteiger partial charge in [-0.15, -0.1) is 0 Å². The molecule has 6 nitrogen and oxygen atoms in total. The minimum absolute atomic E-state index is 0.101. The standard InChI is InChI=1S/C11H13N3O3S/c1-8-3-9(7-15)4-11(13-8)14-6-10(5-12-14)18(2,16)17/h3-6,15H,7H2,1-2H3. The molecule has 0 saturated carbocycles. The van der Waals surface area contributed by atoms with Gasteiger partial charge in [-0.2, -0.15) is 5.10 Å². The Morgan fingerprint density at radius 1 is 1.39 bits per heavy atom. The summed E-state index contributed by atoms with van der Waals surface area (Å²) in [6.07, 6.45) is 3.80. The molecular formula is C11H13N3O3S. The second-order valence-corrected chi connectivity index (χ2v) is 6.04. The van der Waals surface area contributed by atoms with Gasteiger partial charge in [0.25, 0.3) is 0 Å². The molecule has 0 amide bonds. The van der Waals surface area contributed by atoms with E-state index in [9.17, 15) is 8.42 Å². The third kappa shape index (κ3) is 2.57. The molecule has 0 atom stereocenters. The zero-order chi connectivity index (χ0) is 13.3. The Kier molecular flexibility index (Phi) is 3.18. The maximum absolute atomic E-state index is 11.4. The van der Waals surface area contributed by atoms with Gasteiger partial charge in [0, 0.05) is 11.9 Å². The summed E-state index contributed by atoms with van der Waals surface area (Å²) in [5.41, 5.74) is 1.43. The van der Waals surface area contributed by atoms with Crippen LogP contribution in [0.3, 0.4) is 0 Å². The third-order valence-electron chi connectivity index (χ3n) is 2.40. The van der Waals surface area contributed by atoms with Crippen LogP contribution in [0.1, 0.15) is 11.3 Å². The first-order valence-electron chi connectivity index (χ1n) is 5.23. The zero-order valence-electron chi connectivity index (χ0n) is 10.0. The Hall–Kier alpha value is -1.73. The topological polar surface area (TPSA) is 85.1 Å². The molecule has 2 heterocycles. The average Bonchev–Trinajstić information content (AvgIpc) is 2.77. The van der Waals surface area contributed by atoms with Crippen LogP contribution in [0, 0.1) is 6.92 Å². The van der Waals surface area contributed by atoms with Crippen LogP contribution in [-0.2, 0) is 16.4 Å². The summed E-state index contributed by atoms with van der Waals surface area (Å²) in [5, 5.41) is 13.1. The highest BCUT2D eigenvalue weighted by atomic mass is 32.2. The van der Waals surface area contributed by atoms with Crippen molar-refractivity contribution in [3.8, 4) is 5.82 Å². The van der Waals surface area contributed by atoms with Gasteiger partial charge < -0.3 is 5.11 Å². The Balaban J connectivity index is 2.49. The SMILES string of the molecule is Cc1cc(CO)cc(-n2cc(S(C)(=O)=O)cn2)n1. The number of aromatic nitrogens is 3. The van der Waals surface area contributed by atoms with Crippen molar-refractivity contribution in [3.63, 3.8) is 0 Å². The molecular weight excluding hydrogens is 254 g/mol. The van der Waals surface area contributed by atoms with Gasteiger partial charge in [-0.1, -0.05) is 0 Å². The van der Waals surface area contributed by atoms with Crippen molar-refractivity contribution in [3.05, 3.63) is 35.8 Å². The van der Waals surface area contributed by atoms with Gasteiger partial charge in [0.05, 0.1) is 19.0 Å². The summed E-state index contributed by atoms with van der Waals surface area (Å²) in [7, 11) is -3.28. The first kappa shape index (κ1) is 12.7.